The number of rotatable bonds is 2. The number of nitrogens with one attached hydrogen (secondary N) is 1. The molecule has 0 aliphatic heterocycles. The van der Waals surface area contributed by atoms with Crippen LogP contribution in [0.5, 0.6) is 0 Å². The van der Waals surface area contributed by atoms with E-state index in [4.69, 9.17) is 5.73 Å². The minimum atomic E-state index is 0.525. The Balaban J connectivity index is 1.87. The second kappa shape index (κ2) is 4.59. The van der Waals surface area contributed by atoms with Crippen molar-refractivity contribution in [1.29, 1.82) is 0 Å². The fourth-order valence-corrected chi connectivity index (χ4v) is 2.82. The number of pyridine rings is 1. The van der Waals surface area contributed by atoms with E-state index in [0.29, 0.717) is 5.82 Å². The van der Waals surface area contributed by atoms with Gasteiger partial charge in [0.2, 0.25) is 0 Å². The number of anilines is 1. The minimum absolute atomic E-state index is 0.525. The molecule has 0 saturated heterocycles. The summed E-state index contributed by atoms with van der Waals surface area (Å²) in [6.07, 6.45) is 2.44. The summed E-state index contributed by atoms with van der Waals surface area (Å²) >= 11 is 0. The van der Waals surface area contributed by atoms with Crippen LogP contribution in [0.4, 0.5) is 5.82 Å². The zero-order valence-electron chi connectivity index (χ0n) is 11.4. The van der Waals surface area contributed by atoms with Gasteiger partial charge in [-0.15, -0.1) is 0 Å². The first-order valence-electron chi connectivity index (χ1n) is 6.87. The van der Waals surface area contributed by atoms with Gasteiger partial charge in [-0.1, -0.05) is 42.5 Å². The van der Waals surface area contributed by atoms with Crippen LogP contribution >= 0.6 is 0 Å². The summed E-state index contributed by atoms with van der Waals surface area (Å²) in [5.74, 6) is 0.525. The molecule has 0 spiro atoms. The lowest BCUT2D eigenvalue weighted by atomic mass is 10.00. The third-order valence-corrected chi connectivity index (χ3v) is 3.82. The second-order valence-electron chi connectivity index (χ2n) is 5.11. The third kappa shape index (κ3) is 1.92. The van der Waals surface area contributed by atoms with Crippen molar-refractivity contribution in [3.8, 4) is 0 Å². The summed E-state index contributed by atoms with van der Waals surface area (Å²) in [6.45, 7) is 0. The van der Waals surface area contributed by atoms with Gasteiger partial charge in [0.15, 0.2) is 0 Å². The van der Waals surface area contributed by atoms with Crippen molar-refractivity contribution >= 4 is 27.5 Å². The van der Waals surface area contributed by atoms with Crippen molar-refractivity contribution in [2.24, 2.45) is 0 Å². The Hall–Kier alpha value is -2.88. The molecule has 0 amide bonds. The highest BCUT2D eigenvalue weighted by Gasteiger charge is 2.11. The molecule has 21 heavy (non-hydrogen) atoms. The molecule has 0 aliphatic carbocycles. The molecular formula is C17H14N4. The van der Waals surface area contributed by atoms with Crippen molar-refractivity contribution in [1.82, 2.24) is 15.2 Å². The Bertz CT molecular complexity index is 934. The van der Waals surface area contributed by atoms with E-state index in [9.17, 15) is 0 Å². The number of nitrogens with two attached hydrogens (primary N) is 1. The number of fused-ring (bicyclic) bond motifs is 2. The van der Waals surface area contributed by atoms with Crippen molar-refractivity contribution in [2.75, 3.05) is 5.73 Å². The SMILES string of the molecule is Nc1nccc2n[nH]c(Cc3cccc4ccccc34)c12. The van der Waals surface area contributed by atoms with E-state index in [0.717, 1.165) is 23.0 Å². The molecule has 4 heteroatoms. The van der Waals surface area contributed by atoms with Crippen LogP contribution in [-0.4, -0.2) is 15.2 Å². The van der Waals surface area contributed by atoms with Gasteiger partial charge in [0.1, 0.15) is 5.82 Å². The summed E-state index contributed by atoms with van der Waals surface area (Å²) in [4.78, 5) is 4.16. The van der Waals surface area contributed by atoms with Crippen molar-refractivity contribution in [3.63, 3.8) is 0 Å². The van der Waals surface area contributed by atoms with Gasteiger partial charge in [-0.05, 0) is 22.4 Å². The summed E-state index contributed by atoms with van der Waals surface area (Å²) in [7, 11) is 0. The van der Waals surface area contributed by atoms with E-state index in [1.54, 1.807) is 6.20 Å². The number of nitrogens with zero attached hydrogens (tertiary/aromatic N) is 2. The largest absolute Gasteiger partial charge is 0.383 e. The molecule has 0 unspecified atom stereocenters. The number of H-pyrrole nitrogens is 1. The molecule has 2 aromatic heterocycles. The highest BCUT2D eigenvalue weighted by molar-refractivity contribution is 5.91. The molecule has 4 nitrogen and oxygen atoms in total. The van der Waals surface area contributed by atoms with Gasteiger partial charge >= 0.3 is 0 Å². The third-order valence-electron chi connectivity index (χ3n) is 3.82. The molecule has 4 rings (SSSR count). The minimum Gasteiger partial charge on any atom is -0.383 e. The number of benzene rings is 2. The van der Waals surface area contributed by atoms with Crippen LogP contribution < -0.4 is 5.73 Å². The van der Waals surface area contributed by atoms with E-state index in [2.05, 4.69) is 57.6 Å². The summed E-state index contributed by atoms with van der Waals surface area (Å²) in [6, 6.07) is 16.6. The van der Waals surface area contributed by atoms with Gasteiger partial charge in [0.05, 0.1) is 16.6 Å². The lowest BCUT2D eigenvalue weighted by Crippen LogP contribution is -1.95. The molecule has 102 valence electrons. The van der Waals surface area contributed by atoms with Crippen molar-refractivity contribution in [3.05, 3.63) is 66.0 Å². The Morgan fingerprint density at radius 1 is 1.00 bits per heavy atom. The lowest BCUT2D eigenvalue weighted by Gasteiger charge is -2.06. The number of hydrogen-bond donors (Lipinski definition) is 2. The van der Waals surface area contributed by atoms with Gasteiger partial charge in [-0.2, -0.15) is 5.10 Å². The first kappa shape index (κ1) is 11.9. The smallest absolute Gasteiger partial charge is 0.134 e. The summed E-state index contributed by atoms with van der Waals surface area (Å²) in [5, 5.41) is 10.8. The maximum Gasteiger partial charge on any atom is 0.134 e. The molecule has 2 heterocycles. The zero-order chi connectivity index (χ0) is 14.2. The van der Waals surface area contributed by atoms with Crippen molar-refractivity contribution in [2.45, 2.75) is 6.42 Å². The molecule has 0 aliphatic rings. The average Bonchev–Trinajstić information content (AvgIpc) is 2.92. The van der Waals surface area contributed by atoms with E-state index in [1.807, 2.05) is 6.07 Å². The maximum atomic E-state index is 6.00. The summed E-state index contributed by atoms with van der Waals surface area (Å²) in [5.41, 5.74) is 9.11. The average molecular weight is 274 g/mol. The number of nitrogen functional groups attached to an aromatic ring is 1. The molecule has 4 aromatic rings. The Morgan fingerprint density at radius 3 is 2.81 bits per heavy atom. The highest BCUT2D eigenvalue weighted by Crippen LogP contribution is 2.26. The Morgan fingerprint density at radius 2 is 1.86 bits per heavy atom. The van der Waals surface area contributed by atoms with E-state index >= 15 is 0 Å². The molecule has 0 saturated carbocycles. The zero-order valence-corrected chi connectivity index (χ0v) is 11.4. The molecule has 0 bridgehead atoms. The predicted molar refractivity (Wildman–Crippen MR) is 85.1 cm³/mol. The van der Waals surface area contributed by atoms with Crippen LogP contribution in [0.2, 0.25) is 0 Å². The van der Waals surface area contributed by atoms with Crippen LogP contribution in [0, 0.1) is 0 Å². The van der Waals surface area contributed by atoms with Crippen LogP contribution in [0.25, 0.3) is 21.7 Å². The van der Waals surface area contributed by atoms with Gasteiger partial charge in [-0.3, -0.25) is 5.10 Å². The van der Waals surface area contributed by atoms with Crippen LogP contribution in [-0.2, 0) is 6.42 Å². The number of hydrogen-bond acceptors (Lipinski definition) is 3. The van der Waals surface area contributed by atoms with E-state index in [-0.39, 0.29) is 0 Å². The normalized spacial score (nSPS) is 11.2. The molecule has 0 fully saturated rings. The highest BCUT2D eigenvalue weighted by atomic mass is 15.1. The topological polar surface area (TPSA) is 67.6 Å². The monoisotopic (exact) mass is 274 g/mol. The Labute approximate surface area is 121 Å². The van der Waals surface area contributed by atoms with Crippen LogP contribution in [0.1, 0.15) is 11.3 Å². The quantitative estimate of drug-likeness (QED) is 0.589. The number of aromatic nitrogens is 3. The van der Waals surface area contributed by atoms with Crippen molar-refractivity contribution < 1.29 is 0 Å². The fourth-order valence-electron chi connectivity index (χ4n) is 2.82. The molecule has 0 radical (unpaired) electrons. The van der Waals surface area contributed by atoms with E-state index in [1.165, 1.54) is 16.3 Å². The number of aromatic amines is 1. The molecule has 2 aromatic carbocycles. The summed E-state index contributed by atoms with van der Waals surface area (Å²) < 4.78 is 0. The predicted octanol–water partition coefficient (Wildman–Crippen LogP) is 3.28. The lowest BCUT2D eigenvalue weighted by molar-refractivity contribution is 1.02. The fraction of sp³-hybridized carbons (Fsp3) is 0.0588. The maximum absolute atomic E-state index is 6.00. The molecular weight excluding hydrogens is 260 g/mol. The van der Waals surface area contributed by atoms with E-state index < -0.39 is 0 Å². The van der Waals surface area contributed by atoms with Gasteiger partial charge in [-0.25, -0.2) is 4.98 Å². The van der Waals surface area contributed by atoms with Gasteiger partial charge < -0.3 is 5.73 Å². The first-order chi connectivity index (χ1) is 10.3. The van der Waals surface area contributed by atoms with Gasteiger partial charge in [0.25, 0.3) is 0 Å². The second-order valence-corrected chi connectivity index (χ2v) is 5.11. The first-order valence-corrected chi connectivity index (χ1v) is 6.87. The van der Waals surface area contributed by atoms with Gasteiger partial charge in [0, 0.05) is 12.6 Å². The van der Waals surface area contributed by atoms with Crippen LogP contribution in [0.3, 0.4) is 0 Å². The molecule has 0 atom stereocenters. The molecule has 3 N–H and O–H groups in total. The standard InChI is InChI=1S/C17H14N4/c18-17-16-14(8-9-19-17)20-21-15(16)10-12-6-3-5-11-4-1-2-7-13(11)12/h1-9H,10H2,(H2,18,19)(H,20,21). The Kier molecular flexibility index (Phi) is 2.60. The van der Waals surface area contributed by atoms with Crippen LogP contribution in [0.15, 0.2) is 54.7 Å².